The number of hydrogen-bond donors (Lipinski definition) is 0. The SMILES string of the molecule is CS(C)(C)(C)(C)/C=C/CC/N=C\c1cccnc1. The molecule has 0 aliphatic heterocycles. The van der Waals surface area contributed by atoms with E-state index in [9.17, 15) is 0 Å². The highest BCUT2D eigenvalue weighted by Gasteiger charge is 2.32. The van der Waals surface area contributed by atoms with Gasteiger partial charge in [-0.05, 0) is 43.8 Å². The third-order valence-corrected chi connectivity index (χ3v) is 3.68. The molecule has 0 radical (unpaired) electrons. The summed E-state index contributed by atoms with van der Waals surface area (Å²) in [6, 6.07) is 3.93. The first-order chi connectivity index (χ1) is 8.05. The Bertz CT molecular complexity index is 438. The Hall–Kier alpha value is -1.09. The molecule has 0 aliphatic carbocycles. The van der Waals surface area contributed by atoms with Crippen LogP contribution in [0.3, 0.4) is 0 Å². The lowest BCUT2D eigenvalue weighted by molar-refractivity contribution is 1.01. The lowest BCUT2D eigenvalue weighted by atomic mass is 10.3. The number of pyridine rings is 1. The van der Waals surface area contributed by atoms with Crippen molar-refractivity contribution in [3.8, 4) is 0 Å². The highest BCUT2D eigenvalue weighted by atomic mass is 32.4. The van der Waals surface area contributed by atoms with Crippen LogP contribution in [0.15, 0.2) is 41.0 Å². The largest absolute Gasteiger partial charge is 0.292 e. The summed E-state index contributed by atoms with van der Waals surface area (Å²) in [6.07, 6.45) is 20.5. The van der Waals surface area contributed by atoms with E-state index in [2.05, 4.69) is 52.7 Å². The molecule has 102 valence electrons. The number of nitrogens with zero attached hydrogens (tertiary/aromatic N) is 2. The molecule has 0 fully saturated rings. The molecule has 0 saturated heterocycles. The summed E-state index contributed by atoms with van der Waals surface area (Å²) in [4.78, 5) is 8.45. The normalized spacial score (nSPS) is 16.9. The van der Waals surface area contributed by atoms with Crippen LogP contribution in [0.2, 0.25) is 0 Å². The Morgan fingerprint density at radius 2 is 1.94 bits per heavy atom. The van der Waals surface area contributed by atoms with Gasteiger partial charge in [0.25, 0.3) is 0 Å². The van der Waals surface area contributed by atoms with Crippen LogP contribution in [0.4, 0.5) is 0 Å². The number of aromatic nitrogens is 1. The number of aliphatic imine (C=N–C) groups is 1. The van der Waals surface area contributed by atoms with E-state index in [0.717, 1.165) is 18.5 Å². The van der Waals surface area contributed by atoms with Crippen molar-refractivity contribution in [3.05, 3.63) is 41.6 Å². The van der Waals surface area contributed by atoms with Crippen molar-refractivity contribution >= 4 is 14.5 Å². The van der Waals surface area contributed by atoms with Gasteiger partial charge in [-0.25, -0.2) is 0 Å². The minimum atomic E-state index is -1.91. The fourth-order valence-electron chi connectivity index (χ4n) is 1.32. The van der Waals surface area contributed by atoms with Gasteiger partial charge in [-0.1, -0.05) is 17.6 Å². The van der Waals surface area contributed by atoms with Crippen LogP contribution >= 0.6 is 8.29 Å². The zero-order chi connectivity index (χ0) is 13.8. The highest BCUT2D eigenvalue weighted by Crippen LogP contribution is 2.76. The molecular weight excluding hydrogens is 240 g/mol. The van der Waals surface area contributed by atoms with Crippen molar-refractivity contribution in [3.63, 3.8) is 0 Å². The van der Waals surface area contributed by atoms with E-state index in [4.69, 9.17) is 0 Å². The van der Waals surface area contributed by atoms with Gasteiger partial charge in [0.05, 0.1) is 0 Å². The molecule has 0 bridgehead atoms. The lowest BCUT2D eigenvalue weighted by Crippen LogP contribution is -2.25. The summed E-state index contributed by atoms with van der Waals surface area (Å²) in [6.45, 7) is 0.833. The predicted octanol–water partition coefficient (Wildman–Crippen LogP) is 3.43. The maximum atomic E-state index is 4.40. The van der Waals surface area contributed by atoms with Crippen LogP contribution in [0.25, 0.3) is 0 Å². The second-order valence-corrected chi connectivity index (χ2v) is 18.5. The number of hydrogen-bond acceptors (Lipinski definition) is 2. The molecular formula is C15H26N2S. The van der Waals surface area contributed by atoms with Gasteiger partial charge in [0, 0.05) is 30.7 Å². The highest BCUT2D eigenvalue weighted by molar-refractivity contribution is 8.64. The van der Waals surface area contributed by atoms with Crippen LogP contribution in [0.1, 0.15) is 12.0 Å². The molecule has 1 aromatic rings. The standard InChI is InChI=1S/C15H26N2S/c1-18(2,3,4,5)12-7-6-10-16-13-15-9-8-11-17-14-15/h7-9,11-14H,6,10H2,1-5H3/b12-7+,16-13-. The van der Waals surface area contributed by atoms with Crippen LogP contribution < -0.4 is 0 Å². The van der Waals surface area contributed by atoms with Crippen molar-refractivity contribution in [2.75, 3.05) is 37.8 Å². The van der Waals surface area contributed by atoms with Gasteiger partial charge < -0.3 is 0 Å². The van der Waals surface area contributed by atoms with E-state index in [-0.39, 0.29) is 0 Å². The zero-order valence-electron chi connectivity index (χ0n) is 12.3. The molecule has 1 aromatic heterocycles. The molecule has 3 heteroatoms. The van der Waals surface area contributed by atoms with Crippen molar-refractivity contribution in [1.82, 2.24) is 4.98 Å². The monoisotopic (exact) mass is 266 g/mol. The Labute approximate surface area is 111 Å². The third kappa shape index (κ3) is 8.07. The predicted molar refractivity (Wildman–Crippen MR) is 87.7 cm³/mol. The van der Waals surface area contributed by atoms with Gasteiger partial charge in [0.1, 0.15) is 0 Å². The first-order valence-electron chi connectivity index (χ1n) is 6.14. The summed E-state index contributed by atoms with van der Waals surface area (Å²) >= 11 is 0. The zero-order valence-corrected chi connectivity index (χ0v) is 13.1. The Kier molecular flexibility index (Phi) is 3.78. The summed E-state index contributed by atoms with van der Waals surface area (Å²) in [5, 5.41) is 2.39. The fourth-order valence-corrected chi connectivity index (χ4v) is 2.42. The van der Waals surface area contributed by atoms with Crippen molar-refractivity contribution in [2.24, 2.45) is 4.99 Å². The minimum Gasteiger partial charge on any atom is -0.292 e. The van der Waals surface area contributed by atoms with E-state index < -0.39 is 8.29 Å². The van der Waals surface area contributed by atoms with Gasteiger partial charge in [0.15, 0.2) is 0 Å². The average molecular weight is 266 g/mol. The fraction of sp³-hybridized carbons (Fsp3) is 0.467. The molecule has 2 nitrogen and oxygen atoms in total. The molecule has 18 heavy (non-hydrogen) atoms. The smallest absolute Gasteiger partial charge is 0.0424 e. The Morgan fingerprint density at radius 3 is 2.50 bits per heavy atom. The summed E-state index contributed by atoms with van der Waals surface area (Å²) in [5.74, 6) is 0. The average Bonchev–Trinajstić information content (AvgIpc) is 2.21. The molecule has 0 spiro atoms. The van der Waals surface area contributed by atoms with Crippen molar-refractivity contribution in [2.45, 2.75) is 6.42 Å². The van der Waals surface area contributed by atoms with Crippen LogP contribution in [0.5, 0.6) is 0 Å². The lowest BCUT2D eigenvalue weighted by Gasteiger charge is -2.63. The summed E-state index contributed by atoms with van der Waals surface area (Å²) < 4.78 is 0. The van der Waals surface area contributed by atoms with Crippen molar-refractivity contribution < 1.29 is 0 Å². The van der Waals surface area contributed by atoms with E-state index in [0.29, 0.717) is 0 Å². The molecule has 0 aromatic carbocycles. The molecule has 0 N–H and O–H groups in total. The quantitative estimate of drug-likeness (QED) is 0.592. The van der Waals surface area contributed by atoms with Gasteiger partial charge in [-0.15, -0.1) is 0 Å². The maximum absolute atomic E-state index is 4.40. The van der Waals surface area contributed by atoms with E-state index in [1.165, 1.54) is 0 Å². The Balaban J connectivity index is 2.41. The minimum absolute atomic E-state index is 0.833. The molecule has 0 saturated carbocycles. The van der Waals surface area contributed by atoms with E-state index in [1.807, 2.05) is 24.5 Å². The van der Waals surface area contributed by atoms with Gasteiger partial charge in [-0.3, -0.25) is 18.3 Å². The summed E-state index contributed by atoms with van der Waals surface area (Å²) in [7, 11) is -1.91. The van der Waals surface area contributed by atoms with E-state index in [1.54, 1.807) is 6.20 Å². The molecule has 1 rings (SSSR count). The van der Waals surface area contributed by atoms with E-state index >= 15 is 0 Å². The molecule has 0 amide bonds. The third-order valence-electron chi connectivity index (χ3n) is 2.13. The molecule has 0 aliphatic rings. The summed E-state index contributed by atoms with van der Waals surface area (Å²) in [5.41, 5.74) is 1.06. The van der Waals surface area contributed by atoms with Gasteiger partial charge >= 0.3 is 0 Å². The van der Waals surface area contributed by atoms with Crippen LogP contribution in [0, 0.1) is 0 Å². The maximum Gasteiger partial charge on any atom is 0.0424 e. The Morgan fingerprint density at radius 1 is 1.22 bits per heavy atom. The second-order valence-electron chi connectivity index (χ2n) is 7.74. The van der Waals surface area contributed by atoms with Gasteiger partial charge in [0.2, 0.25) is 0 Å². The first-order valence-corrected chi connectivity index (χ1v) is 10.7. The molecule has 0 atom stereocenters. The topological polar surface area (TPSA) is 25.2 Å². The van der Waals surface area contributed by atoms with Gasteiger partial charge in [-0.2, -0.15) is 0 Å². The van der Waals surface area contributed by atoms with Crippen LogP contribution in [-0.4, -0.2) is 49.0 Å². The number of rotatable bonds is 5. The first kappa shape index (κ1) is 15.0. The molecule has 0 unspecified atom stereocenters. The molecule has 1 heterocycles. The van der Waals surface area contributed by atoms with Crippen LogP contribution in [-0.2, 0) is 0 Å². The van der Waals surface area contributed by atoms with Crippen molar-refractivity contribution in [1.29, 1.82) is 0 Å². The second kappa shape index (κ2) is 4.54.